The smallest absolute Gasteiger partial charge is 0.234 e. The van der Waals surface area contributed by atoms with Gasteiger partial charge in [-0.2, -0.15) is 0 Å². The minimum atomic E-state index is 0.107. The van der Waals surface area contributed by atoms with Crippen molar-refractivity contribution in [2.75, 3.05) is 46.4 Å². The van der Waals surface area contributed by atoms with E-state index in [-0.39, 0.29) is 18.6 Å². The average Bonchev–Trinajstić information content (AvgIpc) is 2.30. The van der Waals surface area contributed by atoms with E-state index in [1.54, 1.807) is 0 Å². The molecule has 1 heterocycles. The molecule has 2 N–H and O–H groups in total. The quantitative estimate of drug-likeness (QED) is 0.692. The Labute approximate surface area is 117 Å². The van der Waals surface area contributed by atoms with Crippen LogP contribution in [0.5, 0.6) is 0 Å². The Hall–Kier alpha value is -0.650. The number of aliphatic hydroxyl groups is 1. The van der Waals surface area contributed by atoms with E-state index in [0.29, 0.717) is 12.5 Å². The lowest BCUT2D eigenvalue weighted by Crippen LogP contribution is -2.42. The van der Waals surface area contributed by atoms with Gasteiger partial charge < -0.3 is 15.3 Å². The van der Waals surface area contributed by atoms with Crippen LogP contribution in [-0.4, -0.2) is 73.2 Å². The first kappa shape index (κ1) is 16.4. The lowest BCUT2D eigenvalue weighted by Gasteiger charge is -2.33. The predicted octanol–water partition coefficient (Wildman–Crippen LogP) is 0.147. The third kappa shape index (κ3) is 6.89. The van der Waals surface area contributed by atoms with Gasteiger partial charge in [-0.05, 0) is 52.7 Å². The second kappa shape index (κ2) is 8.51. The molecule has 0 saturated carbocycles. The zero-order valence-corrected chi connectivity index (χ0v) is 12.6. The Kier molecular flexibility index (Phi) is 7.34. The highest BCUT2D eigenvalue weighted by Gasteiger charge is 2.20. The fraction of sp³-hybridized carbons (Fsp3) is 0.929. The van der Waals surface area contributed by atoms with E-state index in [4.69, 9.17) is 5.11 Å². The van der Waals surface area contributed by atoms with Crippen molar-refractivity contribution in [3.63, 3.8) is 0 Å². The van der Waals surface area contributed by atoms with E-state index >= 15 is 0 Å². The van der Waals surface area contributed by atoms with Crippen molar-refractivity contribution in [1.82, 2.24) is 15.1 Å². The van der Waals surface area contributed by atoms with Gasteiger partial charge in [0.1, 0.15) is 0 Å². The summed E-state index contributed by atoms with van der Waals surface area (Å²) in [4.78, 5) is 16.1. The van der Waals surface area contributed by atoms with Gasteiger partial charge in [0.2, 0.25) is 5.91 Å². The Morgan fingerprint density at radius 3 is 2.58 bits per heavy atom. The minimum Gasteiger partial charge on any atom is -0.395 e. The molecule has 1 aliphatic rings. The van der Waals surface area contributed by atoms with Gasteiger partial charge in [0.05, 0.1) is 13.2 Å². The van der Waals surface area contributed by atoms with E-state index in [9.17, 15) is 4.79 Å². The molecule has 19 heavy (non-hydrogen) atoms. The van der Waals surface area contributed by atoms with Gasteiger partial charge in [-0.1, -0.05) is 0 Å². The van der Waals surface area contributed by atoms with Crippen molar-refractivity contribution >= 4 is 5.91 Å². The molecule has 0 aliphatic carbocycles. The van der Waals surface area contributed by atoms with Crippen LogP contribution in [0.3, 0.4) is 0 Å². The molecule has 0 atom stereocenters. The number of β-amino-alcohol motifs (C(OH)–C–C–N with tert-alkyl or cyclic N) is 1. The molecule has 5 heteroatoms. The summed E-state index contributed by atoms with van der Waals surface area (Å²) in [5, 5.41) is 11.8. The summed E-state index contributed by atoms with van der Waals surface area (Å²) in [6.07, 6.45) is 2.33. The number of aliphatic hydroxyl groups excluding tert-OH is 1. The van der Waals surface area contributed by atoms with Crippen LogP contribution in [0, 0.1) is 5.92 Å². The van der Waals surface area contributed by atoms with Crippen LogP contribution in [0.1, 0.15) is 26.7 Å². The first-order chi connectivity index (χ1) is 9.01. The van der Waals surface area contributed by atoms with E-state index in [2.05, 4.69) is 15.1 Å². The number of piperidine rings is 1. The molecule has 112 valence electrons. The maximum atomic E-state index is 11.7. The molecule has 0 aromatic heterocycles. The number of carbonyl (C=O) groups is 1. The topological polar surface area (TPSA) is 55.8 Å². The average molecular weight is 271 g/mol. The lowest BCUT2D eigenvalue weighted by molar-refractivity contribution is -0.122. The number of nitrogens with zero attached hydrogens (tertiary/aromatic N) is 2. The summed E-state index contributed by atoms with van der Waals surface area (Å²) in [6, 6.07) is 0.211. The molecule has 1 amide bonds. The fourth-order valence-corrected chi connectivity index (χ4v) is 2.65. The van der Waals surface area contributed by atoms with Crippen molar-refractivity contribution in [2.24, 2.45) is 5.92 Å². The molecule has 1 fully saturated rings. The molecule has 0 aromatic rings. The van der Waals surface area contributed by atoms with Gasteiger partial charge in [0, 0.05) is 19.1 Å². The second-order valence-corrected chi connectivity index (χ2v) is 5.93. The highest BCUT2D eigenvalue weighted by atomic mass is 16.3. The molecule has 0 bridgehead atoms. The number of rotatable bonds is 7. The van der Waals surface area contributed by atoms with Crippen molar-refractivity contribution in [1.29, 1.82) is 0 Å². The minimum absolute atomic E-state index is 0.107. The number of nitrogens with one attached hydrogen (secondary N) is 1. The van der Waals surface area contributed by atoms with Crippen LogP contribution in [-0.2, 0) is 4.79 Å². The van der Waals surface area contributed by atoms with Gasteiger partial charge in [-0.3, -0.25) is 9.69 Å². The standard InChI is InChI=1S/C14H29N3O2/c1-12(2)15-14(19)11-16(3)10-13-4-6-17(7-5-13)8-9-18/h12-13,18H,4-11H2,1-3H3,(H,15,19). The molecule has 0 unspecified atom stereocenters. The highest BCUT2D eigenvalue weighted by Crippen LogP contribution is 2.17. The Bertz CT molecular complexity index is 263. The van der Waals surface area contributed by atoms with E-state index in [1.807, 2.05) is 20.9 Å². The molecular weight excluding hydrogens is 242 g/mol. The summed E-state index contributed by atoms with van der Waals surface area (Å²) < 4.78 is 0. The monoisotopic (exact) mass is 271 g/mol. The van der Waals surface area contributed by atoms with E-state index < -0.39 is 0 Å². The molecule has 0 aromatic carbocycles. The van der Waals surface area contributed by atoms with Crippen molar-refractivity contribution in [3.8, 4) is 0 Å². The van der Waals surface area contributed by atoms with Gasteiger partial charge in [-0.25, -0.2) is 0 Å². The Morgan fingerprint density at radius 1 is 1.42 bits per heavy atom. The number of hydrogen-bond acceptors (Lipinski definition) is 4. The maximum absolute atomic E-state index is 11.7. The van der Waals surface area contributed by atoms with Crippen LogP contribution in [0.4, 0.5) is 0 Å². The number of carbonyl (C=O) groups excluding carboxylic acids is 1. The molecule has 1 aliphatic heterocycles. The SMILES string of the molecule is CC(C)NC(=O)CN(C)CC1CCN(CCO)CC1. The predicted molar refractivity (Wildman–Crippen MR) is 77.0 cm³/mol. The molecule has 0 radical (unpaired) electrons. The number of likely N-dealkylation sites (tertiary alicyclic amines) is 1. The first-order valence-electron chi connectivity index (χ1n) is 7.32. The first-order valence-corrected chi connectivity index (χ1v) is 7.32. The van der Waals surface area contributed by atoms with Gasteiger partial charge >= 0.3 is 0 Å². The Balaban J connectivity index is 2.19. The molecule has 5 nitrogen and oxygen atoms in total. The summed E-state index contributed by atoms with van der Waals surface area (Å²) >= 11 is 0. The van der Waals surface area contributed by atoms with Crippen molar-refractivity contribution in [2.45, 2.75) is 32.7 Å². The normalized spacial score (nSPS) is 18.2. The van der Waals surface area contributed by atoms with Gasteiger partial charge in [0.25, 0.3) is 0 Å². The summed E-state index contributed by atoms with van der Waals surface area (Å²) in [6.45, 7) is 8.60. The summed E-state index contributed by atoms with van der Waals surface area (Å²) in [5.74, 6) is 0.780. The van der Waals surface area contributed by atoms with Crippen LogP contribution in [0.25, 0.3) is 0 Å². The zero-order valence-electron chi connectivity index (χ0n) is 12.6. The van der Waals surface area contributed by atoms with E-state index in [0.717, 1.165) is 39.0 Å². The number of hydrogen-bond donors (Lipinski definition) is 2. The lowest BCUT2D eigenvalue weighted by atomic mass is 9.96. The van der Waals surface area contributed by atoms with Gasteiger partial charge in [0.15, 0.2) is 0 Å². The zero-order chi connectivity index (χ0) is 14.3. The fourth-order valence-electron chi connectivity index (χ4n) is 2.65. The largest absolute Gasteiger partial charge is 0.395 e. The second-order valence-electron chi connectivity index (χ2n) is 5.93. The van der Waals surface area contributed by atoms with Crippen molar-refractivity contribution in [3.05, 3.63) is 0 Å². The highest BCUT2D eigenvalue weighted by molar-refractivity contribution is 5.78. The van der Waals surface area contributed by atoms with Crippen LogP contribution < -0.4 is 5.32 Å². The van der Waals surface area contributed by atoms with Gasteiger partial charge in [-0.15, -0.1) is 0 Å². The summed E-state index contributed by atoms with van der Waals surface area (Å²) in [7, 11) is 2.01. The maximum Gasteiger partial charge on any atom is 0.234 e. The van der Waals surface area contributed by atoms with E-state index in [1.165, 1.54) is 0 Å². The van der Waals surface area contributed by atoms with Crippen molar-refractivity contribution < 1.29 is 9.90 Å². The van der Waals surface area contributed by atoms with Crippen LogP contribution >= 0.6 is 0 Å². The third-order valence-electron chi connectivity index (χ3n) is 3.56. The molecular formula is C14H29N3O2. The number of likely N-dealkylation sites (N-methyl/N-ethyl adjacent to an activating group) is 1. The third-order valence-corrected chi connectivity index (χ3v) is 3.56. The molecule has 1 saturated heterocycles. The van der Waals surface area contributed by atoms with Crippen LogP contribution in [0.2, 0.25) is 0 Å². The Morgan fingerprint density at radius 2 is 2.05 bits per heavy atom. The molecule has 1 rings (SSSR count). The molecule has 0 spiro atoms. The van der Waals surface area contributed by atoms with Crippen LogP contribution in [0.15, 0.2) is 0 Å². The number of amides is 1. The summed E-state index contributed by atoms with van der Waals surface area (Å²) in [5.41, 5.74) is 0.